The van der Waals surface area contributed by atoms with Crippen LogP contribution in [-0.4, -0.2) is 23.6 Å². The van der Waals surface area contributed by atoms with Crippen molar-refractivity contribution in [1.82, 2.24) is 15.3 Å². The molecule has 4 nitrogen and oxygen atoms in total. The van der Waals surface area contributed by atoms with Gasteiger partial charge in [0.2, 0.25) is 0 Å². The molecule has 112 valence electrons. The van der Waals surface area contributed by atoms with Gasteiger partial charge in [0.05, 0.1) is 12.2 Å². The Hall–Kier alpha value is -1.46. The van der Waals surface area contributed by atoms with Gasteiger partial charge in [0.25, 0.3) is 0 Å². The van der Waals surface area contributed by atoms with Crippen LogP contribution in [0.2, 0.25) is 0 Å². The molecule has 0 aliphatic heterocycles. The number of aromatic nitrogens is 2. The van der Waals surface area contributed by atoms with Crippen LogP contribution in [0.15, 0.2) is 34.9 Å². The van der Waals surface area contributed by atoms with E-state index in [4.69, 9.17) is 0 Å². The van der Waals surface area contributed by atoms with Crippen molar-refractivity contribution in [2.75, 3.05) is 18.5 Å². The number of anilines is 1. The fourth-order valence-electron chi connectivity index (χ4n) is 2.21. The molecule has 0 aromatic carbocycles. The second-order valence-corrected chi connectivity index (χ2v) is 5.96. The van der Waals surface area contributed by atoms with Gasteiger partial charge in [-0.3, -0.25) is 4.98 Å². The van der Waals surface area contributed by atoms with Crippen molar-refractivity contribution in [2.24, 2.45) is 0 Å². The molecule has 0 saturated heterocycles. The normalized spacial score (nSPS) is 10.7. The van der Waals surface area contributed by atoms with Gasteiger partial charge in [0, 0.05) is 35.5 Å². The Labute approximate surface area is 134 Å². The average Bonchev–Trinajstić information content (AvgIpc) is 2.45. The first kappa shape index (κ1) is 15.9. The number of pyridine rings is 2. The number of halogens is 1. The smallest absolute Gasteiger partial charge is 0.133 e. The van der Waals surface area contributed by atoms with Crippen molar-refractivity contribution >= 4 is 21.7 Å². The van der Waals surface area contributed by atoms with E-state index in [0.717, 1.165) is 41.3 Å². The predicted molar refractivity (Wildman–Crippen MR) is 90.4 cm³/mol. The van der Waals surface area contributed by atoms with E-state index < -0.39 is 0 Å². The first-order chi connectivity index (χ1) is 10.1. The molecule has 0 spiro atoms. The first-order valence-corrected chi connectivity index (χ1v) is 7.88. The van der Waals surface area contributed by atoms with Crippen LogP contribution in [0.1, 0.15) is 23.9 Å². The zero-order valence-corrected chi connectivity index (χ0v) is 14.3. The number of nitrogens with one attached hydrogen (secondary N) is 1. The summed E-state index contributed by atoms with van der Waals surface area (Å²) in [6, 6.07) is 8.22. The minimum Gasteiger partial charge on any atom is -0.354 e. The third kappa shape index (κ3) is 4.51. The molecule has 2 heterocycles. The van der Waals surface area contributed by atoms with E-state index in [1.54, 1.807) is 0 Å². The van der Waals surface area contributed by atoms with Gasteiger partial charge in [-0.2, -0.15) is 0 Å². The average molecular weight is 349 g/mol. The predicted octanol–water partition coefficient (Wildman–Crippen LogP) is 3.29. The summed E-state index contributed by atoms with van der Waals surface area (Å²) in [7, 11) is 2.05. The van der Waals surface area contributed by atoms with Crippen molar-refractivity contribution in [1.29, 1.82) is 0 Å². The van der Waals surface area contributed by atoms with Gasteiger partial charge < -0.3 is 10.2 Å². The molecule has 0 unspecified atom stereocenters. The van der Waals surface area contributed by atoms with E-state index in [-0.39, 0.29) is 0 Å². The Kier molecular flexibility index (Phi) is 5.70. The Morgan fingerprint density at radius 3 is 2.86 bits per heavy atom. The van der Waals surface area contributed by atoms with Gasteiger partial charge in [0.15, 0.2) is 0 Å². The summed E-state index contributed by atoms with van der Waals surface area (Å²) >= 11 is 3.49. The number of aryl methyl sites for hydroxylation is 1. The van der Waals surface area contributed by atoms with Crippen molar-refractivity contribution < 1.29 is 0 Å². The van der Waals surface area contributed by atoms with Crippen molar-refractivity contribution in [3.05, 3.63) is 51.9 Å². The van der Waals surface area contributed by atoms with Crippen LogP contribution in [0, 0.1) is 6.92 Å². The lowest BCUT2D eigenvalue weighted by molar-refractivity contribution is 0.717. The zero-order valence-electron chi connectivity index (χ0n) is 12.7. The highest BCUT2D eigenvalue weighted by Gasteiger charge is 2.11. The van der Waals surface area contributed by atoms with Gasteiger partial charge in [-0.15, -0.1) is 0 Å². The Bertz CT molecular complexity index is 601. The molecular formula is C16H21BrN4. The van der Waals surface area contributed by atoms with E-state index in [9.17, 15) is 0 Å². The van der Waals surface area contributed by atoms with Crippen LogP contribution in [-0.2, 0) is 13.1 Å². The van der Waals surface area contributed by atoms with E-state index in [2.05, 4.69) is 56.2 Å². The molecule has 0 atom stereocenters. The van der Waals surface area contributed by atoms with Gasteiger partial charge in [-0.1, -0.05) is 13.0 Å². The Balaban J connectivity index is 2.19. The first-order valence-electron chi connectivity index (χ1n) is 7.09. The number of hydrogen-bond donors (Lipinski definition) is 1. The number of nitrogens with zero attached hydrogens (tertiary/aromatic N) is 3. The van der Waals surface area contributed by atoms with E-state index >= 15 is 0 Å². The molecule has 0 saturated carbocycles. The molecule has 0 fully saturated rings. The molecule has 0 bridgehead atoms. The lowest BCUT2D eigenvalue weighted by atomic mass is 10.2. The van der Waals surface area contributed by atoms with Gasteiger partial charge in [-0.25, -0.2) is 4.98 Å². The van der Waals surface area contributed by atoms with Crippen molar-refractivity contribution in [3.63, 3.8) is 0 Å². The van der Waals surface area contributed by atoms with Gasteiger partial charge >= 0.3 is 0 Å². The number of rotatable bonds is 6. The summed E-state index contributed by atoms with van der Waals surface area (Å²) in [5, 5.41) is 3.36. The highest BCUT2D eigenvalue weighted by atomic mass is 79.9. The maximum absolute atomic E-state index is 4.56. The molecular weight excluding hydrogens is 328 g/mol. The third-order valence-corrected chi connectivity index (χ3v) is 3.62. The second-order valence-electron chi connectivity index (χ2n) is 5.04. The summed E-state index contributed by atoms with van der Waals surface area (Å²) in [6.07, 6.45) is 1.84. The summed E-state index contributed by atoms with van der Waals surface area (Å²) in [5.41, 5.74) is 3.27. The zero-order chi connectivity index (χ0) is 15.2. The van der Waals surface area contributed by atoms with Crippen LogP contribution in [0.25, 0.3) is 0 Å². The minimum atomic E-state index is 0.745. The summed E-state index contributed by atoms with van der Waals surface area (Å²) < 4.78 is 1.00. The molecule has 0 amide bonds. The van der Waals surface area contributed by atoms with Crippen molar-refractivity contribution in [3.8, 4) is 0 Å². The summed E-state index contributed by atoms with van der Waals surface area (Å²) in [4.78, 5) is 11.3. The fraction of sp³-hybridized carbons (Fsp3) is 0.375. The van der Waals surface area contributed by atoms with Crippen LogP contribution in [0.4, 0.5) is 5.82 Å². The lowest BCUT2D eigenvalue weighted by Crippen LogP contribution is -2.22. The Morgan fingerprint density at radius 2 is 2.14 bits per heavy atom. The molecule has 21 heavy (non-hydrogen) atoms. The maximum atomic E-state index is 4.56. The molecule has 1 N–H and O–H groups in total. The van der Waals surface area contributed by atoms with E-state index in [0.29, 0.717) is 0 Å². The Morgan fingerprint density at radius 1 is 1.33 bits per heavy atom. The summed E-state index contributed by atoms with van der Waals surface area (Å²) in [5.74, 6) is 0.988. The molecule has 0 radical (unpaired) electrons. The third-order valence-electron chi connectivity index (χ3n) is 3.18. The molecule has 0 aliphatic rings. The lowest BCUT2D eigenvalue weighted by Gasteiger charge is -2.21. The van der Waals surface area contributed by atoms with Crippen LogP contribution >= 0.6 is 15.9 Å². The largest absolute Gasteiger partial charge is 0.354 e. The van der Waals surface area contributed by atoms with Crippen LogP contribution in [0.3, 0.4) is 0 Å². The van der Waals surface area contributed by atoms with Gasteiger partial charge in [0.1, 0.15) is 5.82 Å². The monoisotopic (exact) mass is 348 g/mol. The molecule has 2 aromatic heterocycles. The topological polar surface area (TPSA) is 41.1 Å². The van der Waals surface area contributed by atoms with Crippen LogP contribution < -0.4 is 10.2 Å². The van der Waals surface area contributed by atoms with E-state index in [1.807, 2.05) is 31.3 Å². The van der Waals surface area contributed by atoms with E-state index in [1.165, 1.54) is 5.56 Å². The summed E-state index contributed by atoms with van der Waals surface area (Å²) in [6.45, 7) is 6.61. The minimum absolute atomic E-state index is 0.745. The highest BCUT2D eigenvalue weighted by molar-refractivity contribution is 9.10. The SMILES string of the molecule is CCNCc1cc(Br)cnc1N(C)Cc1cccc(C)n1. The molecule has 5 heteroatoms. The standard InChI is InChI=1S/C16H21BrN4/c1-4-18-9-13-8-14(17)10-19-16(13)21(3)11-15-7-5-6-12(2)20-15/h5-8,10,18H,4,9,11H2,1-3H3. The van der Waals surface area contributed by atoms with Crippen LogP contribution in [0.5, 0.6) is 0 Å². The second kappa shape index (κ2) is 7.52. The highest BCUT2D eigenvalue weighted by Crippen LogP contribution is 2.22. The van der Waals surface area contributed by atoms with Crippen molar-refractivity contribution in [2.45, 2.75) is 26.9 Å². The maximum Gasteiger partial charge on any atom is 0.133 e. The quantitative estimate of drug-likeness (QED) is 0.869. The van der Waals surface area contributed by atoms with Gasteiger partial charge in [-0.05, 0) is 47.6 Å². The molecule has 0 aliphatic carbocycles. The molecule has 2 aromatic rings. The number of hydrogen-bond acceptors (Lipinski definition) is 4. The fourth-order valence-corrected chi connectivity index (χ4v) is 2.59. The molecule has 2 rings (SSSR count).